The predicted molar refractivity (Wildman–Crippen MR) is 90.6 cm³/mol. The Kier molecular flexibility index (Phi) is 4.85. The fraction of sp³-hybridized carbons (Fsp3) is 0.167. The maximum atomic E-state index is 12.9. The van der Waals surface area contributed by atoms with Gasteiger partial charge in [0, 0.05) is 15.4 Å². The van der Waals surface area contributed by atoms with Crippen molar-refractivity contribution < 1.29 is 23.1 Å². The molecule has 1 heterocycles. The Morgan fingerprint density at radius 2 is 2.00 bits per heavy atom. The first kappa shape index (κ1) is 16.5. The Morgan fingerprint density at radius 3 is 2.71 bits per heavy atom. The van der Waals surface area contributed by atoms with E-state index in [9.17, 15) is 9.18 Å². The van der Waals surface area contributed by atoms with Crippen molar-refractivity contribution >= 4 is 32.9 Å². The van der Waals surface area contributed by atoms with Crippen LogP contribution in [0.15, 0.2) is 51.6 Å². The fourth-order valence-electron chi connectivity index (χ4n) is 2.34. The summed E-state index contributed by atoms with van der Waals surface area (Å²) in [7, 11) is 0. The number of esters is 1. The average Bonchev–Trinajstić information content (AvgIpc) is 2.98. The third-order valence-corrected chi connectivity index (χ3v) is 3.88. The highest BCUT2D eigenvalue weighted by atomic mass is 79.9. The zero-order valence-electron chi connectivity index (χ0n) is 12.8. The first-order chi connectivity index (χ1) is 11.6. The molecule has 2 aromatic carbocycles. The van der Waals surface area contributed by atoms with Crippen molar-refractivity contribution in [2.24, 2.45) is 0 Å². The SMILES string of the molecule is CCOC(=O)c1coc2c(COc3ccc(F)cc3)cc(Br)cc12. The lowest BCUT2D eigenvalue weighted by Gasteiger charge is -2.08. The second kappa shape index (κ2) is 7.05. The molecule has 0 saturated carbocycles. The van der Waals surface area contributed by atoms with Gasteiger partial charge in [0.2, 0.25) is 0 Å². The molecule has 0 aliphatic carbocycles. The van der Waals surface area contributed by atoms with Crippen LogP contribution in [-0.4, -0.2) is 12.6 Å². The smallest absolute Gasteiger partial charge is 0.342 e. The third kappa shape index (κ3) is 3.43. The second-order valence-corrected chi connectivity index (χ2v) is 5.97. The largest absolute Gasteiger partial charge is 0.489 e. The van der Waals surface area contributed by atoms with Crippen molar-refractivity contribution in [3.63, 3.8) is 0 Å². The number of benzene rings is 2. The van der Waals surface area contributed by atoms with E-state index in [0.29, 0.717) is 28.9 Å². The van der Waals surface area contributed by atoms with E-state index in [2.05, 4.69) is 15.9 Å². The summed E-state index contributed by atoms with van der Waals surface area (Å²) < 4.78 is 30.0. The number of ether oxygens (including phenoxy) is 2. The van der Waals surface area contributed by atoms with Gasteiger partial charge in [-0.05, 0) is 43.3 Å². The van der Waals surface area contributed by atoms with Crippen molar-refractivity contribution in [1.29, 1.82) is 0 Å². The molecular weight excluding hydrogens is 379 g/mol. The van der Waals surface area contributed by atoms with Crippen LogP contribution in [0.3, 0.4) is 0 Å². The first-order valence-corrected chi connectivity index (χ1v) is 8.13. The van der Waals surface area contributed by atoms with Gasteiger partial charge in [-0.1, -0.05) is 15.9 Å². The van der Waals surface area contributed by atoms with Gasteiger partial charge in [0.15, 0.2) is 0 Å². The summed E-state index contributed by atoms with van der Waals surface area (Å²) >= 11 is 3.43. The van der Waals surface area contributed by atoms with Gasteiger partial charge in [0.05, 0.1) is 6.61 Å². The average molecular weight is 393 g/mol. The Hall–Kier alpha value is -2.34. The maximum absolute atomic E-state index is 12.9. The number of rotatable bonds is 5. The summed E-state index contributed by atoms with van der Waals surface area (Å²) in [6.07, 6.45) is 1.39. The number of furan rings is 1. The van der Waals surface area contributed by atoms with Crippen molar-refractivity contribution in [2.75, 3.05) is 6.61 Å². The van der Waals surface area contributed by atoms with Gasteiger partial charge >= 0.3 is 5.97 Å². The fourth-order valence-corrected chi connectivity index (χ4v) is 2.84. The molecule has 124 valence electrons. The lowest BCUT2D eigenvalue weighted by atomic mass is 10.1. The van der Waals surface area contributed by atoms with Gasteiger partial charge in [-0.15, -0.1) is 0 Å². The van der Waals surface area contributed by atoms with Crippen LogP contribution in [0.25, 0.3) is 11.0 Å². The minimum atomic E-state index is -0.431. The van der Waals surface area contributed by atoms with Gasteiger partial charge in [0.25, 0.3) is 0 Å². The molecule has 0 atom stereocenters. The van der Waals surface area contributed by atoms with Gasteiger partial charge in [-0.3, -0.25) is 0 Å². The van der Waals surface area contributed by atoms with Crippen molar-refractivity contribution in [3.8, 4) is 5.75 Å². The number of hydrogen-bond donors (Lipinski definition) is 0. The third-order valence-electron chi connectivity index (χ3n) is 3.42. The van der Waals surface area contributed by atoms with Gasteiger partial charge in [-0.25, -0.2) is 9.18 Å². The standard InChI is InChI=1S/C18H14BrFO4/c1-2-22-18(21)16-10-24-17-11(7-12(19)8-15(16)17)9-23-14-5-3-13(20)4-6-14/h3-8,10H,2,9H2,1H3. The Bertz CT molecular complexity index is 871. The Morgan fingerprint density at radius 1 is 1.25 bits per heavy atom. The lowest BCUT2D eigenvalue weighted by Crippen LogP contribution is -2.03. The highest BCUT2D eigenvalue weighted by Crippen LogP contribution is 2.30. The van der Waals surface area contributed by atoms with Crippen molar-refractivity contribution in [3.05, 3.63) is 64.1 Å². The molecule has 3 aromatic rings. The second-order valence-electron chi connectivity index (χ2n) is 5.05. The minimum absolute atomic E-state index is 0.220. The van der Waals surface area contributed by atoms with Crippen molar-refractivity contribution in [1.82, 2.24) is 0 Å². The molecule has 0 aliphatic rings. The summed E-state index contributed by atoms with van der Waals surface area (Å²) in [5.41, 5.74) is 1.69. The molecule has 3 rings (SSSR count). The van der Waals surface area contributed by atoms with E-state index in [1.165, 1.54) is 18.4 Å². The van der Waals surface area contributed by atoms with Crippen LogP contribution in [0, 0.1) is 5.82 Å². The number of carbonyl (C=O) groups excluding carboxylic acids is 1. The molecule has 0 radical (unpaired) electrons. The molecule has 24 heavy (non-hydrogen) atoms. The summed E-state index contributed by atoms with van der Waals surface area (Å²) in [6, 6.07) is 9.42. The molecule has 0 spiro atoms. The zero-order chi connectivity index (χ0) is 17.1. The molecule has 0 amide bonds. The Labute approximate surface area is 146 Å². The predicted octanol–water partition coefficient (Wildman–Crippen LogP) is 5.09. The monoisotopic (exact) mass is 392 g/mol. The van der Waals surface area contributed by atoms with E-state index in [1.54, 1.807) is 25.1 Å². The summed E-state index contributed by atoms with van der Waals surface area (Å²) in [4.78, 5) is 12.0. The lowest BCUT2D eigenvalue weighted by molar-refractivity contribution is 0.0527. The number of hydrogen-bond acceptors (Lipinski definition) is 4. The summed E-state index contributed by atoms with van der Waals surface area (Å²) in [6.45, 7) is 2.26. The molecule has 0 fully saturated rings. The maximum Gasteiger partial charge on any atom is 0.342 e. The van der Waals surface area contributed by atoms with Crippen LogP contribution in [0.5, 0.6) is 5.75 Å². The molecule has 0 unspecified atom stereocenters. The van der Waals surface area contributed by atoms with Crippen LogP contribution in [0.2, 0.25) is 0 Å². The highest BCUT2D eigenvalue weighted by Gasteiger charge is 2.18. The van der Waals surface area contributed by atoms with Crippen LogP contribution in [-0.2, 0) is 11.3 Å². The normalized spacial score (nSPS) is 10.8. The van der Waals surface area contributed by atoms with Gasteiger partial charge in [-0.2, -0.15) is 0 Å². The molecule has 0 aliphatic heterocycles. The number of fused-ring (bicyclic) bond motifs is 1. The summed E-state index contributed by atoms with van der Waals surface area (Å²) in [5, 5.41) is 0.653. The Balaban J connectivity index is 1.90. The quantitative estimate of drug-likeness (QED) is 0.567. The van der Waals surface area contributed by atoms with Gasteiger partial charge in [0.1, 0.15) is 35.6 Å². The molecule has 0 saturated heterocycles. The van der Waals surface area contributed by atoms with E-state index in [4.69, 9.17) is 13.9 Å². The van der Waals surface area contributed by atoms with Crippen LogP contribution >= 0.6 is 15.9 Å². The van der Waals surface area contributed by atoms with Crippen LogP contribution in [0.4, 0.5) is 4.39 Å². The van der Waals surface area contributed by atoms with Gasteiger partial charge < -0.3 is 13.9 Å². The van der Waals surface area contributed by atoms with E-state index in [-0.39, 0.29) is 12.4 Å². The molecule has 6 heteroatoms. The number of halogens is 2. The highest BCUT2D eigenvalue weighted by molar-refractivity contribution is 9.10. The van der Waals surface area contributed by atoms with E-state index in [1.807, 2.05) is 6.07 Å². The molecule has 1 aromatic heterocycles. The zero-order valence-corrected chi connectivity index (χ0v) is 14.4. The van der Waals surface area contributed by atoms with E-state index >= 15 is 0 Å². The number of carbonyl (C=O) groups is 1. The van der Waals surface area contributed by atoms with E-state index in [0.717, 1.165) is 10.0 Å². The molecule has 0 N–H and O–H groups in total. The minimum Gasteiger partial charge on any atom is -0.489 e. The molecule has 0 bridgehead atoms. The topological polar surface area (TPSA) is 48.7 Å². The summed E-state index contributed by atoms with van der Waals surface area (Å²) in [5.74, 6) is -0.209. The van der Waals surface area contributed by atoms with Crippen LogP contribution < -0.4 is 4.74 Å². The first-order valence-electron chi connectivity index (χ1n) is 7.33. The van der Waals surface area contributed by atoms with Crippen molar-refractivity contribution in [2.45, 2.75) is 13.5 Å². The molecular formula is C18H14BrFO4. The van der Waals surface area contributed by atoms with Crippen LogP contribution in [0.1, 0.15) is 22.8 Å². The van der Waals surface area contributed by atoms with E-state index < -0.39 is 5.97 Å². The molecule has 4 nitrogen and oxygen atoms in total.